The quantitative estimate of drug-likeness (QED) is 0.168. The van der Waals surface area contributed by atoms with E-state index in [1.807, 2.05) is 19.1 Å². The number of ether oxygens (including phenoxy) is 1. The number of nitro groups is 1. The van der Waals surface area contributed by atoms with Gasteiger partial charge in [-0.3, -0.25) is 19.7 Å². The summed E-state index contributed by atoms with van der Waals surface area (Å²) in [7, 11) is 1.40. The van der Waals surface area contributed by atoms with Crippen LogP contribution in [-0.4, -0.2) is 29.4 Å². The number of azo groups is 1. The van der Waals surface area contributed by atoms with Crippen LogP contribution in [0.5, 0.6) is 5.75 Å². The molecule has 1 aliphatic rings. The van der Waals surface area contributed by atoms with Crippen molar-refractivity contribution in [1.29, 1.82) is 0 Å². The Morgan fingerprint density at radius 3 is 1.94 bits per heavy atom. The maximum absolute atomic E-state index is 14.0. The lowest BCUT2D eigenvalue weighted by Crippen LogP contribution is -2.42. The fraction of sp³-hybridized carbons (Fsp3) is 0.231. The molecule has 3 aromatic carbocycles. The standard InChI is InChI=1S/C26H25N5O5/c1-3-4-17-26(28-27-22-16-15-21(36-2)18-23(22)31(34)35)24(32)29(19-11-7-5-8-12-19)30(25(26)33)20-13-9-6-10-14-20/h5-16,18H,3-4,17H2,1-2H3. The van der Waals surface area contributed by atoms with Crippen LogP contribution in [0.4, 0.5) is 22.7 Å². The smallest absolute Gasteiger partial charge is 0.300 e. The van der Waals surface area contributed by atoms with Gasteiger partial charge >= 0.3 is 0 Å². The first-order valence-corrected chi connectivity index (χ1v) is 11.5. The number of hydrogen-bond donors (Lipinski definition) is 0. The van der Waals surface area contributed by atoms with Gasteiger partial charge in [0.25, 0.3) is 17.5 Å². The molecule has 0 aromatic heterocycles. The van der Waals surface area contributed by atoms with Gasteiger partial charge in [0.05, 0.1) is 29.5 Å². The molecule has 2 amide bonds. The molecule has 0 N–H and O–H groups in total. The number of amides is 2. The Labute approximate surface area is 207 Å². The van der Waals surface area contributed by atoms with Gasteiger partial charge in [0, 0.05) is 0 Å². The highest BCUT2D eigenvalue weighted by atomic mass is 16.6. The second kappa shape index (κ2) is 10.3. The number of nitro benzene ring substituents is 1. The lowest BCUT2D eigenvalue weighted by Gasteiger charge is -2.27. The number of carbonyl (C=O) groups excluding carboxylic acids is 2. The van der Waals surface area contributed by atoms with E-state index in [1.54, 1.807) is 48.5 Å². The molecule has 10 nitrogen and oxygen atoms in total. The Hall–Kier alpha value is -4.60. The summed E-state index contributed by atoms with van der Waals surface area (Å²) >= 11 is 0. The first-order valence-electron chi connectivity index (χ1n) is 11.5. The van der Waals surface area contributed by atoms with Crippen LogP contribution in [0, 0.1) is 10.1 Å². The van der Waals surface area contributed by atoms with Crippen LogP contribution in [0.2, 0.25) is 0 Å². The van der Waals surface area contributed by atoms with Gasteiger partial charge in [-0.25, -0.2) is 10.0 Å². The van der Waals surface area contributed by atoms with Crippen molar-refractivity contribution in [2.45, 2.75) is 31.7 Å². The molecule has 3 aromatic rings. The largest absolute Gasteiger partial charge is 0.496 e. The van der Waals surface area contributed by atoms with E-state index in [-0.39, 0.29) is 23.5 Å². The zero-order valence-electron chi connectivity index (χ0n) is 19.9. The Kier molecular flexibility index (Phi) is 7.05. The molecule has 0 radical (unpaired) electrons. The van der Waals surface area contributed by atoms with E-state index in [4.69, 9.17) is 4.74 Å². The zero-order chi connectivity index (χ0) is 25.7. The van der Waals surface area contributed by atoms with Crippen molar-refractivity contribution in [3.05, 3.63) is 89.0 Å². The molecule has 4 rings (SSSR count). The van der Waals surface area contributed by atoms with E-state index in [9.17, 15) is 19.7 Å². The number of unbranched alkanes of at least 4 members (excludes halogenated alkanes) is 1. The Bertz CT molecular complexity index is 1240. The van der Waals surface area contributed by atoms with Crippen molar-refractivity contribution in [2.24, 2.45) is 10.2 Å². The number of nitrogens with zero attached hydrogens (tertiary/aromatic N) is 5. The monoisotopic (exact) mass is 487 g/mol. The fourth-order valence-electron chi connectivity index (χ4n) is 4.01. The molecule has 0 bridgehead atoms. The molecular weight excluding hydrogens is 462 g/mol. The molecule has 0 saturated carbocycles. The summed E-state index contributed by atoms with van der Waals surface area (Å²) in [6, 6.07) is 21.7. The van der Waals surface area contributed by atoms with Gasteiger partial charge in [0.2, 0.25) is 5.54 Å². The first-order chi connectivity index (χ1) is 17.4. The molecular formula is C26H25N5O5. The third-order valence-electron chi connectivity index (χ3n) is 5.89. The van der Waals surface area contributed by atoms with Gasteiger partial charge in [0.15, 0.2) is 5.69 Å². The number of hydrogen-bond acceptors (Lipinski definition) is 7. The molecule has 0 spiro atoms. The summed E-state index contributed by atoms with van der Waals surface area (Å²) in [5.74, 6) is -0.869. The van der Waals surface area contributed by atoms with Gasteiger partial charge in [-0.1, -0.05) is 56.2 Å². The van der Waals surface area contributed by atoms with Crippen molar-refractivity contribution in [1.82, 2.24) is 0 Å². The highest BCUT2D eigenvalue weighted by Crippen LogP contribution is 2.40. The third-order valence-corrected chi connectivity index (χ3v) is 5.89. The second-order valence-corrected chi connectivity index (χ2v) is 8.18. The Morgan fingerprint density at radius 2 is 1.47 bits per heavy atom. The van der Waals surface area contributed by atoms with Crippen LogP contribution in [0.25, 0.3) is 0 Å². The maximum atomic E-state index is 14.0. The Morgan fingerprint density at radius 1 is 0.917 bits per heavy atom. The van der Waals surface area contributed by atoms with Gasteiger partial charge < -0.3 is 4.74 Å². The number of anilines is 2. The lowest BCUT2D eigenvalue weighted by atomic mass is 9.92. The number of benzene rings is 3. The fourth-order valence-corrected chi connectivity index (χ4v) is 4.01. The van der Waals surface area contributed by atoms with Crippen LogP contribution < -0.4 is 14.8 Å². The molecule has 10 heteroatoms. The van der Waals surface area contributed by atoms with Gasteiger partial charge in [-0.2, -0.15) is 5.11 Å². The molecule has 1 fully saturated rings. The van der Waals surface area contributed by atoms with Crippen LogP contribution in [-0.2, 0) is 9.59 Å². The van der Waals surface area contributed by atoms with Crippen LogP contribution in [0.15, 0.2) is 89.1 Å². The van der Waals surface area contributed by atoms with Crippen molar-refractivity contribution in [2.75, 3.05) is 17.1 Å². The molecule has 1 aliphatic heterocycles. The number of hydrazine groups is 1. The van der Waals surface area contributed by atoms with E-state index in [0.29, 0.717) is 24.2 Å². The van der Waals surface area contributed by atoms with E-state index in [0.717, 1.165) is 0 Å². The molecule has 1 heterocycles. The predicted octanol–water partition coefficient (Wildman–Crippen LogP) is 5.61. The molecule has 36 heavy (non-hydrogen) atoms. The summed E-state index contributed by atoms with van der Waals surface area (Å²) in [5, 5.41) is 22.6. The van der Waals surface area contributed by atoms with Crippen molar-refractivity contribution < 1.29 is 19.2 Å². The first kappa shape index (κ1) is 24.5. The summed E-state index contributed by atoms with van der Waals surface area (Å²) < 4.78 is 5.07. The number of methoxy groups -OCH3 is 1. The summed E-state index contributed by atoms with van der Waals surface area (Å²) in [4.78, 5) is 39.1. The minimum absolute atomic E-state index is 0.0818. The average molecular weight is 488 g/mol. The van der Waals surface area contributed by atoms with Gasteiger partial charge in [-0.05, 0) is 42.8 Å². The molecule has 0 aliphatic carbocycles. The molecule has 1 saturated heterocycles. The molecule has 184 valence electrons. The topological polar surface area (TPSA) is 118 Å². The Balaban J connectivity index is 1.87. The van der Waals surface area contributed by atoms with Crippen LogP contribution in [0.1, 0.15) is 26.2 Å². The minimum atomic E-state index is -1.88. The lowest BCUT2D eigenvalue weighted by molar-refractivity contribution is -0.384. The average Bonchev–Trinajstić information content (AvgIpc) is 3.13. The normalized spacial score (nSPS) is 15.1. The second-order valence-electron chi connectivity index (χ2n) is 8.18. The number of rotatable bonds is 9. The summed E-state index contributed by atoms with van der Waals surface area (Å²) in [6.45, 7) is 1.94. The predicted molar refractivity (Wildman–Crippen MR) is 134 cm³/mol. The van der Waals surface area contributed by atoms with Crippen LogP contribution >= 0.6 is 0 Å². The van der Waals surface area contributed by atoms with E-state index in [1.165, 1.54) is 35.3 Å². The minimum Gasteiger partial charge on any atom is -0.496 e. The van der Waals surface area contributed by atoms with E-state index < -0.39 is 22.3 Å². The molecule has 0 atom stereocenters. The highest BCUT2D eigenvalue weighted by Gasteiger charge is 2.60. The zero-order valence-corrected chi connectivity index (χ0v) is 19.9. The van der Waals surface area contributed by atoms with Crippen molar-refractivity contribution in [3.8, 4) is 5.75 Å². The summed E-state index contributed by atoms with van der Waals surface area (Å²) in [6.07, 6.45) is 1.32. The van der Waals surface area contributed by atoms with Crippen molar-refractivity contribution in [3.63, 3.8) is 0 Å². The number of para-hydroxylation sites is 2. The highest BCUT2D eigenvalue weighted by molar-refractivity contribution is 6.29. The van der Waals surface area contributed by atoms with Crippen LogP contribution in [0.3, 0.4) is 0 Å². The van der Waals surface area contributed by atoms with Gasteiger partial charge in [-0.15, -0.1) is 5.11 Å². The van der Waals surface area contributed by atoms with E-state index >= 15 is 0 Å². The third kappa shape index (κ3) is 4.40. The van der Waals surface area contributed by atoms with Gasteiger partial charge in [0.1, 0.15) is 5.75 Å². The summed E-state index contributed by atoms with van der Waals surface area (Å²) in [5.41, 5.74) is -1.33. The van der Waals surface area contributed by atoms with E-state index in [2.05, 4.69) is 10.2 Å². The number of carbonyl (C=O) groups is 2. The SMILES string of the molecule is CCCCC1(N=Nc2ccc(OC)cc2[N+](=O)[O-])C(=O)N(c2ccccc2)N(c2ccccc2)C1=O. The maximum Gasteiger partial charge on any atom is 0.300 e. The molecule has 0 unspecified atom stereocenters. The van der Waals surface area contributed by atoms with Crippen molar-refractivity contribution >= 4 is 34.6 Å².